The summed E-state index contributed by atoms with van der Waals surface area (Å²) < 4.78 is 4.47. The molecule has 7 nitrogen and oxygen atoms in total. The summed E-state index contributed by atoms with van der Waals surface area (Å²) in [5.74, 6) is -2.05. The summed E-state index contributed by atoms with van der Waals surface area (Å²) in [6.07, 6.45) is 6.32. The number of unbranched alkanes of at least 4 members (excludes halogenated alkanes) is 1. The van der Waals surface area contributed by atoms with E-state index in [2.05, 4.69) is 13.2 Å². The molecule has 0 aromatic heterocycles. The van der Waals surface area contributed by atoms with Gasteiger partial charge in [0.15, 0.2) is 0 Å². The SMILES string of the molecule is C=CCCCOC(=O)[C@@H]1[C@H]2C(=O)N([C@@H](CO)C(C)C)C(C(=O)N(CC=C)C(C)(C)C)C23CC[C@@]1(C)S3. The number of aliphatic hydroxyl groups is 1. The lowest BCUT2D eigenvalue weighted by Crippen LogP contribution is -2.61. The highest BCUT2D eigenvalue weighted by molar-refractivity contribution is 8.02. The average Bonchev–Trinajstić information content (AvgIpc) is 3.35. The smallest absolute Gasteiger partial charge is 0.311 e. The minimum atomic E-state index is -0.765. The molecule has 3 heterocycles. The summed E-state index contributed by atoms with van der Waals surface area (Å²) in [5, 5.41) is 10.4. The van der Waals surface area contributed by atoms with Crippen LogP contribution < -0.4 is 0 Å². The Bertz CT molecular complexity index is 899. The van der Waals surface area contributed by atoms with Gasteiger partial charge in [-0.1, -0.05) is 26.0 Å². The molecule has 3 fully saturated rings. The van der Waals surface area contributed by atoms with Crippen molar-refractivity contribution in [3.05, 3.63) is 25.3 Å². The van der Waals surface area contributed by atoms with Crippen LogP contribution in [-0.4, -0.2) is 79.6 Å². The van der Waals surface area contributed by atoms with E-state index in [1.54, 1.807) is 33.7 Å². The third-order valence-corrected chi connectivity index (χ3v) is 10.2. The lowest BCUT2D eigenvalue weighted by atomic mass is 9.66. The molecule has 0 saturated carbocycles. The van der Waals surface area contributed by atoms with E-state index in [0.717, 1.165) is 12.8 Å². The van der Waals surface area contributed by atoms with Crippen molar-refractivity contribution in [2.45, 2.75) is 94.3 Å². The van der Waals surface area contributed by atoms with Gasteiger partial charge in [0, 0.05) is 16.8 Å². The molecule has 3 saturated heterocycles. The second-order valence-corrected chi connectivity index (χ2v) is 13.9. The molecule has 6 atom stereocenters. The van der Waals surface area contributed by atoms with Crippen molar-refractivity contribution in [2.75, 3.05) is 19.8 Å². The first kappa shape index (κ1) is 28.8. The Labute approximate surface area is 220 Å². The van der Waals surface area contributed by atoms with Crippen molar-refractivity contribution in [3.63, 3.8) is 0 Å². The Hall–Kier alpha value is -1.80. The second kappa shape index (κ2) is 10.5. The van der Waals surface area contributed by atoms with E-state index in [4.69, 9.17) is 4.74 Å². The van der Waals surface area contributed by atoms with Crippen molar-refractivity contribution in [1.82, 2.24) is 9.80 Å². The predicted octanol–water partition coefficient (Wildman–Crippen LogP) is 3.81. The Morgan fingerprint density at radius 2 is 1.94 bits per heavy atom. The van der Waals surface area contributed by atoms with Crippen molar-refractivity contribution in [2.24, 2.45) is 17.8 Å². The van der Waals surface area contributed by atoms with E-state index in [0.29, 0.717) is 19.4 Å². The summed E-state index contributed by atoms with van der Waals surface area (Å²) in [6, 6.07) is -1.28. The first-order chi connectivity index (χ1) is 16.8. The molecule has 0 aromatic carbocycles. The maximum absolute atomic E-state index is 14.4. The van der Waals surface area contributed by atoms with E-state index in [1.165, 1.54) is 0 Å². The molecule has 3 rings (SSSR count). The number of amides is 2. The molecule has 8 heteroatoms. The predicted molar refractivity (Wildman–Crippen MR) is 143 cm³/mol. The van der Waals surface area contributed by atoms with Crippen LogP contribution in [0.2, 0.25) is 0 Å². The first-order valence-electron chi connectivity index (χ1n) is 13.1. The van der Waals surface area contributed by atoms with Crippen LogP contribution in [0.4, 0.5) is 0 Å². The molecule has 1 N–H and O–H groups in total. The lowest BCUT2D eigenvalue weighted by molar-refractivity contribution is -0.156. The van der Waals surface area contributed by atoms with Crippen molar-refractivity contribution < 1.29 is 24.2 Å². The summed E-state index contributed by atoms with van der Waals surface area (Å²) in [7, 11) is 0. The van der Waals surface area contributed by atoms with Crippen molar-refractivity contribution in [1.29, 1.82) is 0 Å². The number of esters is 1. The third kappa shape index (κ3) is 4.64. The standard InChI is InChI=1S/C28H44N2O5S/c1-9-11-12-16-35-25(34)21-20-23(32)30(19(17-31)18(3)4)22(28(20)14-13-27(21,8)36-28)24(33)29(15-10-2)26(5,6)7/h9-10,18-22,31H,1-2,11-17H2,3-8H3/t19-,20-,21-,22?,27+,28?/m0/s1. The summed E-state index contributed by atoms with van der Waals surface area (Å²) in [6.45, 7) is 19.8. The molecule has 0 aromatic rings. The van der Waals surface area contributed by atoms with Gasteiger partial charge in [0.1, 0.15) is 6.04 Å². The molecule has 3 aliphatic heterocycles. The van der Waals surface area contributed by atoms with E-state index in [1.807, 2.05) is 41.5 Å². The molecule has 3 aliphatic rings. The number of aliphatic hydroxyl groups excluding tert-OH is 1. The molecular formula is C28H44N2O5S. The lowest BCUT2D eigenvalue weighted by Gasteiger charge is -2.44. The molecule has 2 bridgehead atoms. The highest BCUT2D eigenvalue weighted by atomic mass is 32.2. The molecule has 36 heavy (non-hydrogen) atoms. The number of rotatable bonds is 11. The molecule has 2 amide bonds. The summed E-state index contributed by atoms with van der Waals surface area (Å²) in [5.41, 5.74) is -0.490. The number of nitrogens with zero attached hydrogens (tertiary/aromatic N) is 2. The fraction of sp³-hybridized carbons (Fsp3) is 0.750. The zero-order chi connectivity index (χ0) is 27.1. The van der Waals surface area contributed by atoms with Crippen LogP contribution in [0.15, 0.2) is 25.3 Å². The van der Waals surface area contributed by atoms with Gasteiger partial charge in [0.2, 0.25) is 11.8 Å². The van der Waals surface area contributed by atoms with Gasteiger partial charge in [-0.3, -0.25) is 14.4 Å². The van der Waals surface area contributed by atoms with Crippen LogP contribution >= 0.6 is 11.8 Å². The van der Waals surface area contributed by atoms with Crippen molar-refractivity contribution >= 4 is 29.5 Å². The molecule has 0 aliphatic carbocycles. The number of fused-ring (bicyclic) bond motifs is 1. The molecule has 2 unspecified atom stereocenters. The van der Waals surface area contributed by atoms with Gasteiger partial charge in [-0.05, 0) is 59.3 Å². The van der Waals surface area contributed by atoms with Crippen LogP contribution in [-0.2, 0) is 19.1 Å². The fourth-order valence-electron chi connectivity index (χ4n) is 6.44. The van der Waals surface area contributed by atoms with Crippen molar-refractivity contribution in [3.8, 4) is 0 Å². The van der Waals surface area contributed by atoms with Gasteiger partial charge in [-0.15, -0.1) is 24.9 Å². The number of hydrogen-bond donors (Lipinski definition) is 1. The fourth-order valence-corrected chi connectivity index (χ4v) is 8.77. The number of likely N-dealkylation sites (tertiary alicyclic amines) is 1. The first-order valence-corrected chi connectivity index (χ1v) is 14.0. The number of carbonyl (C=O) groups is 3. The molecule has 1 spiro atoms. The minimum absolute atomic E-state index is 0.0611. The zero-order valence-corrected chi connectivity index (χ0v) is 23.6. The number of carbonyl (C=O) groups excluding carboxylic acids is 3. The van der Waals surface area contributed by atoms with Crippen LogP contribution in [0.3, 0.4) is 0 Å². The average molecular weight is 521 g/mol. The Morgan fingerprint density at radius 1 is 1.28 bits per heavy atom. The Kier molecular flexibility index (Phi) is 8.41. The normalized spacial score (nSPS) is 31.9. The third-order valence-electron chi connectivity index (χ3n) is 8.20. The van der Waals surface area contributed by atoms with Crippen LogP contribution in [0, 0.1) is 17.8 Å². The number of thioether (sulfide) groups is 1. The van der Waals surface area contributed by atoms with Gasteiger partial charge in [0.05, 0.1) is 35.8 Å². The molecule has 0 radical (unpaired) electrons. The van der Waals surface area contributed by atoms with Gasteiger partial charge in [0.25, 0.3) is 0 Å². The van der Waals surface area contributed by atoms with E-state index in [-0.39, 0.29) is 36.9 Å². The topological polar surface area (TPSA) is 87.1 Å². The van der Waals surface area contributed by atoms with E-state index < -0.39 is 39.0 Å². The monoisotopic (exact) mass is 520 g/mol. The van der Waals surface area contributed by atoms with Gasteiger partial charge in [-0.2, -0.15) is 0 Å². The van der Waals surface area contributed by atoms with Crippen LogP contribution in [0.25, 0.3) is 0 Å². The summed E-state index contributed by atoms with van der Waals surface area (Å²) in [4.78, 5) is 45.5. The number of ether oxygens (including phenoxy) is 1. The van der Waals surface area contributed by atoms with Crippen LogP contribution in [0.1, 0.15) is 67.2 Å². The van der Waals surface area contributed by atoms with E-state index >= 15 is 0 Å². The maximum atomic E-state index is 14.4. The summed E-state index contributed by atoms with van der Waals surface area (Å²) >= 11 is 1.63. The Morgan fingerprint density at radius 3 is 2.47 bits per heavy atom. The van der Waals surface area contributed by atoms with Crippen LogP contribution in [0.5, 0.6) is 0 Å². The second-order valence-electron chi connectivity index (χ2n) is 12.0. The molecule has 202 valence electrons. The highest BCUT2D eigenvalue weighted by Gasteiger charge is 2.78. The maximum Gasteiger partial charge on any atom is 0.311 e. The quantitative estimate of drug-likeness (QED) is 0.253. The largest absolute Gasteiger partial charge is 0.465 e. The zero-order valence-electron chi connectivity index (χ0n) is 22.8. The Balaban J connectivity index is 2.09. The van der Waals surface area contributed by atoms with Gasteiger partial charge >= 0.3 is 5.97 Å². The van der Waals surface area contributed by atoms with Gasteiger partial charge in [-0.25, -0.2) is 0 Å². The number of allylic oxidation sites excluding steroid dienone is 1. The molecular weight excluding hydrogens is 476 g/mol. The minimum Gasteiger partial charge on any atom is -0.465 e. The van der Waals surface area contributed by atoms with E-state index in [9.17, 15) is 19.5 Å². The van der Waals surface area contributed by atoms with Gasteiger partial charge < -0.3 is 19.6 Å². The number of hydrogen-bond acceptors (Lipinski definition) is 6. The highest BCUT2D eigenvalue weighted by Crippen LogP contribution is 2.72.